The summed E-state index contributed by atoms with van der Waals surface area (Å²) < 4.78 is 12.6. The zero-order valence-corrected chi connectivity index (χ0v) is 4.34. The number of rotatable bonds is 1. The third-order valence-electron chi connectivity index (χ3n) is 0.768. The SMILES string of the molecule is Cn1ccc(OF)n1. The second-order valence-electron chi connectivity index (χ2n) is 1.40. The van der Waals surface area contributed by atoms with E-state index in [0.29, 0.717) is 0 Å². The first-order valence-corrected chi connectivity index (χ1v) is 2.11. The van der Waals surface area contributed by atoms with Crippen LogP contribution in [0.25, 0.3) is 0 Å². The Hall–Kier alpha value is -1.06. The molecule has 0 N–H and O–H groups in total. The Bertz CT molecular complexity index is 174. The summed E-state index contributed by atoms with van der Waals surface area (Å²) in [6.45, 7) is 0. The van der Waals surface area contributed by atoms with Gasteiger partial charge in [-0.05, 0) is 0 Å². The fraction of sp³-hybridized carbons (Fsp3) is 0.250. The van der Waals surface area contributed by atoms with E-state index in [4.69, 9.17) is 0 Å². The molecule has 1 aromatic heterocycles. The number of aryl methyl sites for hydroxylation is 1. The van der Waals surface area contributed by atoms with Crippen LogP contribution in [0.1, 0.15) is 0 Å². The van der Waals surface area contributed by atoms with Crippen molar-refractivity contribution in [2.24, 2.45) is 7.05 Å². The molecule has 0 unspecified atom stereocenters. The number of aromatic nitrogens is 2. The second-order valence-corrected chi connectivity index (χ2v) is 1.40. The lowest BCUT2D eigenvalue weighted by Crippen LogP contribution is -1.86. The van der Waals surface area contributed by atoms with Crippen LogP contribution in [0.4, 0.5) is 4.53 Å². The van der Waals surface area contributed by atoms with Gasteiger partial charge in [0.2, 0.25) is 0 Å². The van der Waals surface area contributed by atoms with E-state index in [1.807, 2.05) is 0 Å². The van der Waals surface area contributed by atoms with Gasteiger partial charge in [-0.3, -0.25) is 9.62 Å². The van der Waals surface area contributed by atoms with Crippen LogP contribution in [0.2, 0.25) is 0 Å². The molecule has 8 heavy (non-hydrogen) atoms. The Kier molecular flexibility index (Phi) is 1.15. The Morgan fingerprint density at radius 3 is 2.88 bits per heavy atom. The summed E-state index contributed by atoms with van der Waals surface area (Å²) in [5.41, 5.74) is 0. The lowest BCUT2D eigenvalue weighted by atomic mass is 10.7. The molecule has 0 spiro atoms. The fourth-order valence-electron chi connectivity index (χ4n) is 0.435. The number of halogens is 1. The summed E-state index contributed by atoms with van der Waals surface area (Å²) in [5, 5.41) is 3.55. The van der Waals surface area contributed by atoms with E-state index in [1.54, 1.807) is 13.2 Å². The molecule has 0 radical (unpaired) electrons. The fourth-order valence-corrected chi connectivity index (χ4v) is 0.435. The molecule has 1 heterocycles. The summed E-state index contributed by atoms with van der Waals surface area (Å²) in [4.78, 5) is 3.30. The van der Waals surface area contributed by atoms with Gasteiger partial charge in [0, 0.05) is 23.8 Å². The highest BCUT2D eigenvalue weighted by atomic mass is 19.3. The van der Waals surface area contributed by atoms with Gasteiger partial charge in [-0.25, -0.2) is 0 Å². The maximum Gasteiger partial charge on any atom is 0.281 e. The van der Waals surface area contributed by atoms with Gasteiger partial charge < -0.3 is 0 Å². The first-order chi connectivity index (χ1) is 3.83. The third kappa shape index (κ3) is 0.776. The van der Waals surface area contributed by atoms with Gasteiger partial charge in [-0.1, -0.05) is 0 Å². The number of nitrogens with zero attached hydrogens (tertiary/aromatic N) is 2. The maximum atomic E-state index is 11.2. The van der Waals surface area contributed by atoms with Crippen molar-refractivity contribution in [3.63, 3.8) is 0 Å². The average molecular weight is 116 g/mol. The van der Waals surface area contributed by atoms with E-state index < -0.39 is 0 Å². The molecule has 0 saturated carbocycles. The normalized spacial score (nSPS) is 9.25. The summed E-state index contributed by atoms with van der Waals surface area (Å²) in [5.74, 6) is -0.00694. The lowest BCUT2D eigenvalue weighted by Gasteiger charge is -1.81. The first-order valence-electron chi connectivity index (χ1n) is 2.11. The largest absolute Gasteiger partial charge is 0.281 e. The van der Waals surface area contributed by atoms with Crippen LogP contribution in [-0.2, 0) is 7.05 Å². The van der Waals surface area contributed by atoms with Gasteiger partial charge in [0.1, 0.15) is 0 Å². The first kappa shape index (κ1) is 5.08. The topological polar surface area (TPSA) is 27.1 Å². The molecule has 0 aliphatic carbocycles. The van der Waals surface area contributed by atoms with Crippen LogP contribution < -0.4 is 4.94 Å². The summed E-state index contributed by atoms with van der Waals surface area (Å²) >= 11 is 0. The van der Waals surface area contributed by atoms with Crippen molar-refractivity contribution in [1.29, 1.82) is 0 Å². The summed E-state index contributed by atoms with van der Waals surface area (Å²) in [6, 6.07) is 1.43. The van der Waals surface area contributed by atoms with Gasteiger partial charge in [0.15, 0.2) is 0 Å². The van der Waals surface area contributed by atoms with Crippen LogP contribution in [0.5, 0.6) is 5.88 Å². The molecule has 0 fully saturated rings. The van der Waals surface area contributed by atoms with Gasteiger partial charge in [-0.2, -0.15) is 0 Å². The molecule has 0 atom stereocenters. The van der Waals surface area contributed by atoms with Crippen molar-refractivity contribution in [2.45, 2.75) is 0 Å². The van der Waals surface area contributed by atoms with E-state index in [-0.39, 0.29) is 5.88 Å². The van der Waals surface area contributed by atoms with Crippen molar-refractivity contribution in [2.75, 3.05) is 0 Å². The van der Waals surface area contributed by atoms with Gasteiger partial charge in [-0.15, -0.1) is 5.10 Å². The quantitative estimate of drug-likeness (QED) is 0.539. The van der Waals surface area contributed by atoms with E-state index >= 15 is 0 Å². The Balaban J connectivity index is 2.84. The zero-order valence-electron chi connectivity index (χ0n) is 4.34. The van der Waals surface area contributed by atoms with Gasteiger partial charge in [0.05, 0.1) is 0 Å². The van der Waals surface area contributed by atoms with Crippen LogP contribution in [0.3, 0.4) is 0 Å². The standard InChI is InChI=1S/C4H5FN2O/c1-7-3-2-4(6-7)8-5/h2-3H,1H3. The highest BCUT2D eigenvalue weighted by Crippen LogP contribution is 2.02. The van der Waals surface area contributed by atoms with Crippen LogP contribution in [-0.4, -0.2) is 9.78 Å². The van der Waals surface area contributed by atoms with Gasteiger partial charge in [0.25, 0.3) is 5.88 Å². The van der Waals surface area contributed by atoms with E-state index in [0.717, 1.165) is 0 Å². The van der Waals surface area contributed by atoms with Gasteiger partial charge >= 0.3 is 0 Å². The molecule has 4 heteroatoms. The molecule has 1 rings (SSSR count). The minimum absolute atomic E-state index is 0.00694. The Labute approximate surface area is 45.6 Å². The number of hydrogen-bond acceptors (Lipinski definition) is 2. The molecule has 0 amide bonds. The maximum absolute atomic E-state index is 11.2. The van der Waals surface area contributed by atoms with Crippen molar-refractivity contribution >= 4 is 0 Å². The molecule has 0 saturated heterocycles. The molecular weight excluding hydrogens is 111 g/mol. The van der Waals surface area contributed by atoms with E-state index in [2.05, 4.69) is 10.0 Å². The summed E-state index contributed by atoms with van der Waals surface area (Å²) in [6.07, 6.45) is 1.59. The molecule has 1 aromatic rings. The zero-order chi connectivity index (χ0) is 5.98. The molecule has 0 aliphatic heterocycles. The molecular formula is C4H5FN2O. The minimum Gasteiger partial charge on any atom is -0.272 e. The van der Waals surface area contributed by atoms with Crippen molar-refractivity contribution in [1.82, 2.24) is 9.78 Å². The predicted octanol–water partition coefficient (Wildman–Crippen LogP) is 0.683. The molecule has 0 bridgehead atoms. The lowest BCUT2D eigenvalue weighted by molar-refractivity contribution is -0.0124. The molecule has 44 valence electrons. The molecule has 0 aromatic carbocycles. The van der Waals surface area contributed by atoms with Crippen molar-refractivity contribution in [3.05, 3.63) is 12.3 Å². The van der Waals surface area contributed by atoms with Crippen molar-refractivity contribution < 1.29 is 9.47 Å². The highest BCUT2D eigenvalue weighted by molar-refractivity contribution is 5.03. The van der Waals surface area contributed by atoms with E-state index in [1.165, 1.54) is 10.7 Å². The highest BCUT2D eigenvalue weighted by Gasteiger charge is 1.93. The number of hydrogen-bond donors (Lipinski definition) is 0. The average Bonchev–Trinajstić information content (AvgIpc) is 2.14. The van der Waals surface area contributed by atoms with Crippen LogP contribution in [0.15, 0.2) is 12.3 Å². The van der Waals surface area contributed by atoms with Crippen molar-refractivity contribution in [3.8, 4) is 5.88 Å². The molecule has 0 aliphatic rings. The summed E-state index contributed by atoms with van der Waals surface area (Å²) in [7, 11) is 1.68. The van der Waals surface area contributed by atoms with E-state index in [9.17, 15) is 4.53 Å². The molecule has 3 nitrogen and oxygen atoms in total. The van der Waals surface area contributed by atoms with Crippen LogP contribution in [0, 0.1) is 0 Å². The second kappa shape index (κ2) is 1.81. The Morgan fingerprint density at radius 2 is 2.62 bits per heavy atom. The minimum atomic E-state index is -0.00694. The predicted molar refractivity (Wildman–Crippen MR) is 24.9 cm³/mol. The smallest absolute Gasteiger partial charge is 0.272 e. The monoisotopic (exact) mass is 116 g/mol. The third-order valence-corrected chi connectivity index (χ3v) is 0.768. The Morgan fingerprint density at radius 1 is 1.88 bits per heavy atom. The van der Waals surface area contributed by atoms with Crippen LogP contribution >= 0.6 is 0 Å².